The summed E-state index contributed by atoms with van der Waals surface area (Å²) in [5.41, 5.74) is 6.52. The molecule has 0 fully saturated rings. The van der Waals surface area contributed by atoms with Crippen LogP contribution in [0.5, 0.6) is 0 Å². The van der Waals surface area contributed by atoms with Crippen LogP contribution in [0.15, 0.2) is 18.3 Å². The number of nitrogens with two attached hydrogens (primary N) is 1. The van der Waals surface area contributed by atoms with Gasteiger partial charge < -0.3 is 11.1 Å². The Morgan fingerprint density at radius 1 is 1.55 bits per heavy atom. The monoisotopic (exact) mass is 298 g/mol. The predicted octanol–water partition coefficient (Wildman–Crippen LogP) is 1.98. The maximum atomic E-state index is 11.9. The van der Waals surface area contributed by atoms with Gasteiger partial charge in [-0.25, -0.2) is 4.98 Å². The number of carbonyl (C=O) groups excluding carboxylic acids is 1. The molecule has 1 atom stereocenters. The van der Waals surface area contributed by atoms with Gasteiger partial charge in [-0.1, -0.05) is 25.4 Å². The number of nitrogens with one attached hydrogen (secondary N) is 1. The van der Waals surface area contributed by atoms with Gasteiger partial charge in [0.1, 0.15) is 0 Å². The molecule has 3 N–H and O–H groups in total. The molecule has 0 radical (unpaired) electrons. The van der Waals surface area contributed by atoms with Crippen molar-refractivity contribution >= 4 is 23.2 Å². The SMILES string of the molecule is CC(C)C(N)CCN(C)CC(=O)Nc1cccnc1Cl. The molecule has 0 aromatic carbocycles. The van der Waals surface area contributed by atoms with Crippen LogP contribution >= 0.6 is 11.6 Å². The van der Waals surface area contributed by atoms with Gasteiger partial charge in [0.2, 0.25) is 5.91 Å². The first-order valence-electron chi connectivity index (χ1n) is 6.74. The van der Waals surface area contributed by atoms with Gasteiger partial charge in [-0.05, 0) is 38.1 Å². The lowest BCUT2D eigenvalue weighted by atomic mass is 10.0. The van der Waals surface area contributed by atoms with E-state index in [1.54, 1.807) is 18.3 Å². The molecule has 1 amide bonds. The Morgan fingerprint density at radius 3 is 2.85 bits per heavy atom. The van der Waals surface area contributed by atoms with Crippen LogP contribution in [0.4, 0.5) is 5.69 Å². The largest absolute Gasteiger partial charge is 0.327 e. The zero-order valence-corrected chi connectivity index (χ0v) is 13.0. The molecule has 1 rings (SSSR count). The zero-order valence-electron chi connectivity index (χ0n) is 12.3. The summed E-state index contributed by atoms with van der Waals surface area (Å²) in [5.74, 6) is 0.340. The van der Waals surface area contributed by atoms with E-state index in [-0.39, 0.29) is 11.9 Å². The van der Waals surface area contributed by atoms with Crippen molar-refractivity contribution < 1.29 is 4.79 Å². The van der Waals surface area contributed by atoms with Crippen LogP contribution in [0.25, 0.3) is 0 Å². The Hall–Kier alpha value is -1.17. The lowest BCUT2D eigenvalue weighted by molar-refractivity contribution is -0.117. The summed E-state index contributed by atoms with van der Waals surface area (Å²) in [4.78, 5) is 17.7. The molecule has 1 aromatic heterocycles. The third-order valence-electron chi connectivity index (χ3n) is 3.15. The minimum atomic E-state index is -0.111. The van der Waals surface area contributed by atoms with E-state index in [4.69, 9.17) is 17.3 Å². The molecule has 0 aliphatic heterocycles. The minimum absolute atomic E-state index is 0.111. The number of amides is 1. The van der Waals surface area contributed by atoms with E-state index < -0.39 is 0 Å². The van der Waals surface area contributed by atoms with Gasteiger partial charge in [0.15, 0.2) is 5.15 Å². The first-order valence-corrected chi connectivity index (χ1v) is 7.12. The maximum absolute atomic E-state index is 11.9. The third-order valence-corrected chi connectivity index (χ3v) is 3.45. The van der Waals surface area contributed by atoms with Crippen molar-refractivity contribution in [3.63, 3.8) is 0 Å². The highest BCUT2D eigenvalue weighted by Gasteiger charge is 2.12. The lowest BCUT2D eigenvalue weighted by Gasteiger charge is -2.21. The number of hydrogen-bond donors (Lipinski definition) is 2. The summed E-state index contributed by atoms with van der Waals surface area (Å²) < 4.78 is 0. The number of rotatable bonds is 7. The maximum Gasteiger partial charge on any atom is 0.238 e. The molecule has 0 spiro atoms. The molecule has 1 heterocycles. The topological polar surface area (TPSA) is 71.2 Å². The van der Waals surface area contributed by atoms with Crippen molar-refractivity contribution in [2.45, 2.75) is 26.3 Å². The number of nitrogens with zero attached hydrogens (tertiary/aromatic N) is 2. The molecular formula is C14H23ClN4O. The molecule has 20 heavy (non-hydrogen) atoms. The fourth-order valence-electron chi connectivity index (χ4n) is 1.70. The first-order chi connectivity index (χ1) is 9.40. The van der Waals surface area contributed by atoms with Crippen LogP contribution in [0.2, 0.25) is 5.15 Å². The van der Waals surface area contributed by atoms with Gasteiger partial charge in [-0.15, -0.1) is 0 Å². The Labute approximate surface area is 125 Å². The van der Waals surface area contributed by atoms with Gasteiger partial charge >= 0.3 is 0 Å². The molecule has 0 bridgehead atoms. The van der Waals surface area contributed by atoms with E-state index >= 15 is 0 Å². The van der Waals surface area contributed by atoms with Crippen LogP contribution in [-0.2, 0) is 4.79 Å². The molecule has 0 aliphatic rings. The highest BCUT2D eigenvalue weighted by Crippen LogP contribution is 2.17. The number of carbonyl (C=O) groups is 1. The van der Waals surface area contributed by atoms with Crippen molar-refractivity contribution in [3.05, 3.63) is 23.5 Å². The van der Waals surface area contributed by atoms with E-state index in [0.29, 0.717) is 23.3 Å². The number of aromatic nitrogens is 1. The van der Waals surface area contributed by atoms with Gasteiger partial charge in [-0.3, -0.25) is 9.69 Å². The average Bonchev–Trinajstić information content (AvgIpc) is 2.38. The van der Waals surface area contributed by atoms with Crippen molar-refractivity contribution in [1.82, 2.24) is 9.88 Å². The van der Waals surface area contributed by atoms with Crippen LogP contribution in [0.1, 0.15) is 20.3 Å². The molecule has 0 aliphatic carbocycles. The number of anilines is 1. The van der Waals surface area contributed by atoms with Crippen molar-refractivity contribution in [2.75, 3.05) is 25.5 Å². The second-order valence-corrected chi connectivity index (χ2v) is 5.68. The summed E-state index contributed by atoms with van der Waals surface area (Å²) >= 11 is 5.89. The quantitative estimate of drug-likeness (QED) is 0.755. The van der Waals surface area contributed by atoms with E-state index in [0.717, 1.165) is 13.0 Å². The molecule has 1 aromatic rings. The van der Waals surface area contributed by atoms with Crippen molar-refractivity contribution in [3.8, 4) is 0 Å². The summed E-state index contributed by atoms with van der Waals surface area (Å²) in [6.45, 7) is 5.28. The van der Waals surface area contributed by atoms with Crippen LogP contribution in [0.3, 0.4) is 0 Å². The van der Waals surface area contributed by atoms with Crippen molar-refractivity contribution in [1.29, 1.82) is 0 Å². The van der Waals surface area contributed by atoms with Crippen molar-refractivity contribution in [2.24, 2.45) is 11.7 Å². The molecule has 0 saturated heterocycles. The Kier molecular flexibility index (Phi) is 6.91. The molecule has 112 valence electrons. The minimum Gasteiger partial charge on any atom is -0.327 e. The molecule has 0 saturated carbocycles. The Morgan fingerprint density at radius 2 is 2.25 bits per heavy atom. The number of pyridine rings is 1. The highest BCUT2D eigenvalue weighted by molar-refractivity contribution is 6.32. The second-order valence-electron chi connectivity index (χ2n) is 5.32. The van der Waals surface area contributed by atoms with E-state index in [1.807, 2.05) is 11.9 Å². The summed E-state index contributed by atoms with van der Waals surface area (Å²) in [6, 6.07) is 3.61. The average molecular weight is 299 g/mol. The van der Waals surface area contributed by atoms with Crippen LogP contribution in [0, 0.1) is 5.92 Å². The molecular weight excluding hydrogens is 276 g/mol. The Balaban J connectivity index is 2.37. The Bertz CT molecular complexity index is 439. The number of likely N-dealkylation sites (N-methyl/N-ethyl adjacent to an activating group) is 1. The predicted molar refractivity (Wildman–Crippen MR) is 82.8 cm³/mol. The fraction of sp³-hybridized carbons (Fsp3) is 0.571. The number of halogens is 1. The summed E-state index contributed by atoms with van der Waals surface area (Å²) in [5, 5.41) is 3.04. The van der Waals surface area contributed by atoms with Gasteiger partial charge in [0.25, 0.3) is 0 Å². The second kappa shape index (κ2) is 8.19. The lowest BCUT2D eigenvalue weighted by Crippen LogP contribution is -2.35. The summed E-state index contributed by atoms with van der Waals surface area (Å²) in [6.07, 6.45) is 2.45. The first kappa shape index (κ1) is 16.9. The van der Waals surface area contributed by atoms with Gasteiger partial charge in [0, 0.05) is 12.2 Å². The van der Waals surface area contributed by atoms with Gasteiger partial charge in [-0.2, -0.15) is 0 Å². The third kappa shape index (κ3) is 5.86. The zero-order chi connectivity index (χ0) is 15.1. The van der Waals surface area contributed by atoms with Gasteiger partial charge in [0.05, 0.1) is 12.2 Å². The number of hydrogen-bond acceptors (Lipinski definition) is 4. The van der Waals surface area contributed by atoms with Crippen LogP contribution in [-0.4, -0.2) is 42.0 Å². The molecule has 6 heteroatoms. The molecule has 5 nitrogen and oxygen atoms in total. The summed E-state index contributed by atoms with van der Waals surface area (Å²) in [7, 11) is 1.90. The van der Waals surface area contributed by atoms with E-state index in [9.17, 15) is 4.79 Å². The highest BCUT2D eigenvalue weighted by atomic mass is 35.5. The molecule has 1 unspecified atom stereocenters. The standard InChI is InChI=1S/C14H23ClN4O/c1-10(2)11(16)6-8-19(3)9-13(20)18-12-5-4-7-17-14(12)15/h4-5,7,10-11H,6,8-9,16H2,1-3H3,(H,18,20). The van der Waals surface area contributed by atoms with E-state index in [2.05, 4.69) is 24.1 Å². The van der Waals surface area contributed by atoms with Crippen LogP contribution < -0.4 is 11.1 Å². The van der Waals surface area contributed by atoms with E-state index in [1.165, 1.54) is 0 Å². The fourth-order valence-corrected chi connectivity index (χ4v) is 1.86. The smallest absolute Gasteiger partial charge is 0.238 e. The normalized spacial score (nSPS) is 12.8.